The maximum Gasteiger partial charge on any atom is 0.102 e. The van der Waals surface area contributed by atoms with Gasteiger partial charge in [0.1, 0.15) is 6.07 Å². The third-order valence-corrected chi connectivity index (χ3v) is 10.7. The van der Waals surface area contributed by atoms with Crippen LogP contribution >= 0.6 is 0 Å². The van der Waals surface area contributed by atoms with Gasteiger partial charge >= 0.3 is 0 Å². The molecule has 0 unspecified atom stereocenters. The first-order valence-electron chi connectivity index (χ1n) is 13.6. The van der Waals surface area contributed by atoms with E-state index in [1.54, 1.807) is 17.1 Å². The van der Waals surface area contributed by atoms with E-state index < -0.39 is 11.2 Å². The van der Waals surface area contributed by atoms with Crippen molar-refractivity contribution in [1.82, 2.24) is 9.78 Å². The first-order valence-corrected chi connectivity index (χ1v) is 13.6. The Hall–Kier alpha value is -1.42. The second-order valence-electron chi connectivity index (χ2n) is 12.6. The average molecular weight is 470 g/mol. The van der Waals surface area contributed by atoms with E-state index in [-0.39, 0.29) is 11.3 Å². The molecule has 0 amide bonds. The predicted octanol–water partition coefficient (Wildman–Crippen LogP) is 4.54. The van der Waals surface area contributed by atoms with Gasteiger partial charge in [-0.25, -0.2) is 0 Å². The van der Waals surface area contributed by atoms with Gasteiger partial charge < -0.3 is 14.9 Å². The van der Waals surface area contributed by atoms with Crippen LogP contribution in [-0.4, -0.2) is 44.4 Å². The Bertz CT molecular complexity index is 922. The van der Waals surface area contributed by atoms with Crippen molar-refractivity contribution in [3.8, 4) is 6.07 Å². The molecular weight excluding hydrogens is 426 g/mol. The monoisotopic (exact) mass is 469 g/mol. The number of aromatic nitrogens is 2. The molecule has 2 N–H and O–H groups in total. The van der Waals surface area contributed by atoms with Gasteiger partial charge in [0.15, 0.2) is 0 Å². The van der Waals surface area contributed by atoms with Gasteiger partial charge in [-0.05, 0) is 113 Å². The number of hydrogen-bond donors (Lipinski definition) is 2. The number of nitrogens with zero attached hydrogens (tertiary/aromatic N) is 3. The van der Waals surface area contributed by atoms with E-state index in [1.165, 1.54) is 32.1 Å². The topological polar surface area (TPSA) is 91.3 Å². The molecule has 0 aliphatic heterocycles. The lowest BCUT2D eigenvalue weighted by Crippen LogP contribution is -2.54. The van der Waals surface area contributed by atoms with Crippen molar-refractivity contribution in [2.24, 2.45) is 40.9 Å². The molecule has 0 radical (unpaired) electrons. The van der Waals surface area contributed by atoms with Crippen LogP contribution in [-0.2, 0) is 11.3 Å². The van der Waals surface area contributed by atoms with Crippen LogP contribution < -0.4 is 0 Å². The Kier molecular flexibility index (Phi) is 6.36. The summed E-state index contributed by atoms with van der Waals surface area (Å²) in [7, 11) is 0. The lowest BCUT2D eigenvalue weighted by Gasteiger charge is -2.58. The van der Waals surface area contributed by atoms with Gasteiger partial charge in [-0.15, -0.1) is 0 Å². The second kappa shape index (κ2) is 8.91. The van der Waals surface area contributed by atoms with Crippen LogP contribution in [0.4, 0.5) is 0 Å². The van der Waals surface area contributed by atoms with Crippen LogP contribution in [0.1, 0.15) is 84.1 Å². The fourth-order valence-electron chi connectivity index (χ4n) is 9.35. The van der Waals surface area contributed by atoms with Crippen molar-refractivity contribution < 1.29 is 14.9 Å². The van der Waals surface area contributed by atoms with Gasteiger partial charge in [0, 0.05) is 12.8 Å². The minimum atomic E-state index is -0.840. The number of aliphatic hydroxyl groups is 2. The van der Waals surface area contributed by atoms with Crippen molar-refractivity contribution in [2.75, 3.05) is 13.2 Å². The zero-order valence-corrected chi connectivity index (χ0v) is 21.2. The molecule has 1 aromatic heterocycles. The predicted molar refractivity (Wildman–Crippen MR) is 130 cm³/mol. The maximum atomic E-state index is 11.7. The third-order valence-electron chi connectivity index (χ3n) is 10.7. The van der Waals surface area contributed by atoms with Gasteiger partial charge in [-0.1, -0.05) is 6.92 Å². The van der Waals surface area contributed by atoms with Crippen molar-refractivity contribution >= 4 is 0 Å². The highest BCUT2D eigenvalue weighted by atomic mass is 16.5. The molecule has 188 valence electrons. The van der Waals surface area contributed by atoms with Crippen LogP contribution in [0.5, 0.6) is 0 Å². The fourth-order valence-corrected chi connectivity index (χ4v) is 9.35. The standard InChI is InChI=1S/C28H43N3O3/c1-4-34-18-28(33)12-10-21-20(13-28)5-6-23-22(21)9-11-26(2)24(23)7-8-25(26)27(3,32)17-31-16-19(14-29)15-30-31/h15-16,20-25,32-33H,4-13,17-18H2,1-3H3/t20-,21+,22-,23-,24+,25+,26+,27+,28-/m1/s1. The number of hydrogen-bond acceptors (Lipinski definition) is 5. The van der Waals surface area contributed by atoms with E-state index in [4.69, 9.17) is 10.00 Å². The lowest BCUT2D eigenvalue weighted by molar-refractivity contribution is -0.140. The molecule has 6 nitrogen and oxygen atoms in total. The van der Waals surface area contributed by atoms with Crippen molar-refractivity contribution in [3.63, 3.8) is 0 Å². The van der Waals surface area contributed by atoms with Gasteiger partial charge in [0.25, 0.3) is 0 Å². The molecule has 0 bridgehead atoms. The zero-order chi connectivity index (χ0) is 24.1. The Morgan fingerprint density at radius 1 is 1.18 bits per heavy atom. The maximum absolute atomic E-state index is 11.7. The summed E-state index contributed by atoms with van der Waals surface area (Å²) >= 11 is 0. The smallest absolute Gasteiger partial charge is 0.102 e. The number of rotatable bonds is 6. The highest BCUT2D eigenvalue weighted by Gasteiger charge is 2.60. The fraction of sp³-hybridized carbons (Fsp3) is 0.857. The average Bonchev–Trinajstić information content (AvgIpc) is 3.40. The van der Waals surface area contributed by atoms with Crippen LogP contribution in [0.3, 0.4) is 0 Å². The highest BCUT2D eigenvalue weighted by Crippen LogP contribution is 2.66. The van der Waals surface area contributed by atoms with Crippen molar-refractivity contribution in [3.05, 3.63) is 18.0 Å². The molecule has 4 aliphatic rings. The first kappa shape index (κ1) is 24.3. The summed E-state index contributed by atoms with van der Waals surface area (Å²) in [6.07, 6.45) is 13.5. The minimum absolute atomic E-state index is 0.160. The molecule has 4 fully saturated rings. The van der Waals surface area contributed by atoms with Gasteiger partial charge in [-0.2, -0.15) is 10.4 Å². The summed E-state index contributed by atoms with van der Waals surface area (Å²) in [6, 6.07) is 2.14. The molecule has 34 heavy (non-hydrogen) atoms. The molecular formula is C28H43N3O3. The SMILES string of the molecule is CCOC[C@@]1(O)CC[C@H]2[C@H](CC[C@@H]3[C@@H]2CC[C@@]2(C)[C@H]3CC[C@@H]2[C@@](C)(O)Cn2cc(C#N)cn2)C1. The zero-order valence-electron chi connectivity index (χ0n) is 21.2. The highest BCUT2D eigenvalue weighted by molar-refractivity contribution is 5.21. The quantitative estimate of drug-likeness (QED) is 0.638. The number of fused-ring (bicyclic) bond motifs is 5. The van der Waals surface area contributed by atoms with Crippen LogP contribution in [0.15, 0.2) is 12.4 Å². The van der Waals surface area contributed by atoms with E-state index in [0.29, 0.717) is 37.2 Å². The third kappa shape index (κ3) is 4.12. The van der Waals surface area contributed by atoms with Crippen molar-refractivity contribution in [1.29, 1.82) is 5.26 Å². The summed E-state index contributed by atoms with van der Waals surface area (Å²) in [5.41, 5.74) is -0.758. The van der Waals surface area contributed by atoms with Crippen LogP contribution in [0, 0.1) is 52.3 Å². The summed E-state index contributed by atoms with van der Waals surface area (Å²) in [5.74, 6) is 3.86. The van der Waals surface area contributed by atoms with Crippen LogP contribution in [0.2, 0.25) is 0 Å². The minimum Gasteiger partial charge on any atom is -0.388 e. The molecule has 0 saturated heterocycles. The second-order valence-corrected chi connectivity index (χ2v) is 12.6. The molecule has 4 aliphatic carbocycles. The van der Waals surface area contributed by atoms with E-state index in [0.717, 1.165) is 43.4 Å². The summed E-state index contributed by atoms with van der Waals surface area (Å²) in [5, 5.41) is 36.2. The molecule has 9 atom stereocenters. The molecule has 5 rings (SSSR count). The molecule has 4 saturated carbocycles. The molecule has 0 spiro atoms. The van der Waals surface area contributed by atoms with Gasteiger partial charge in [0.2, 0.25) is 0 Å². The van der Waals surface area contributed by atoms with E-state index in [1.807, 2.05) is 13.8 Å². The van der Waals surface area contributed by atoms with Gasteiger partial charge in [0.05, 0.1) is 36.1 Å². The number of nitriles is 1. The number of ether oxygens (including phenoxy) is 1. The van der Waals surface area contributed by atoms with Crippen molar-refractivity contribution in [2.45, 2.75) is 96.3 Å². The Labute approximate surface area is 204 Å². The largest absolute Gasteiger partial charge is 0.388 e. The summed E-state index contributed by atoms with van der Waals surface area (Å²) < 4.78 is 7.38. The summed E-state index contributed by atoms with van der Waals surface area (Å²) in [4.78, 5) is 0. The first-order chi connectivity index (χ1) is 16.2. The lowest BCUT2D eigenvalue weighted by atomic mass is 9.48. The van der Waals surface area contributed by atoms with E-state index in [9.17, 15) is 10.2 Å². The Morgan fingerprint density at radius 2 is 1.97 bits per heavy atom. The van der Waals surface area contributed by atoms with Crippen LogP contribution in [0.25, 0.3) is 0 Å². The van der Waals surface area contributed by atoms with Gasteiger partial charge in [-0.3, -0.25) is 4.68 Å². The van der Waals surface area contributed by atoms with E-state index in [2.05, 4.69) is 18.1 Å². The molecule has 1 heterocycles. The molecule has 0 aromatic carbocycles. The van der Waals surface area contributed by atoms with E-state index >= 15 is 0 Å². The molecule has 6 heteroatoms. The Balaban J connectivity index is 1.29. The normalized spacial score (nSPS) is 43.3. The molecule has 1 aromatic rings. The summed E-state index contributed by atoms with van der Waals surface area (Å²) in [6.45, 7) is 8.06. The Morgan fingerprint density at radius 3 is 2.71 bits per heavy atom.